The fraction of sp³-hybridized carbons (Fsp3) is 0.500. The van der Waals surface area contributed by atoms with Crippen LogP contribution in [-0.2, 0) is 46.6 Å². The van der Waals surface area contributed by atoms with Crippen LogP contribution < -0.4 is 0 Å². The molecule has 0 saturated carbocycles. The van der Waals surface area contributed by atoms with Gasteiger partial charge in [0.15, 0.2) is 5.97 Å². The number of aliphatic carboxylic acids is 1. The normalized spacial score (nSPS) is 9.73. The van der Waals surface area contributed by atoms with Crippen LogP contribution in [0.1, 0.15) is 6.92 Å². The summed E-state index contributed by atoms with van der Waals surface area (Å²) in [5.74, 6) is -0.870. The van der Waals surface area contributed by atoms with Gasteiger partial charge in [0.2, 0.25) is 0 Å². The number of rotatable bonds is 2. The Bertz CT molecular complexity index is 103. The third kappa shape index (κ3) is 37.1. The van der Waals surface area contributed by atoms with Crippen LogP contribution in [0.4, 0.5) is 0 Å². The third-order valence-corrected chi connectivity index (χ3v) is 0.771. The Morgan fingerprint density at radius 2 is 1.82 bits per heavy atom. The van der Waals surface area contributed by atoms with Crippen LogP contribution in [0.15, 0.2) is 0 Å². The van der Waals surface area contributed by atoms with Crippen molar-refractivity contribution < 1.29 is 56.6 Å². The Morgan fingerprint density at radius 1 is 1.64 bits per heavy atom. The number of carboxylic acids is 1. The quantitative estimate of drug-likeness (QED) is 0.550. The Kier molecular flexibility index (Phi) is 21.1. The van der Waals surface area contributed by atoms with Gasteiger partial charge in [-0.25, -0.2) is 0 Å². The van der Waals surface area contributed by atoms with E-state index in [2.05, 4.69) is 4.52 Å². The standard InChI is InChI=1S/C3H5O2.CH5O3P.Y/c1-2-3(4)5;1-4-5(2)3;/h2H,1H3,(H,4,5);5H,1H3,(H,2,3);/q-1;;. The molecule has 0 heterocycles. The summed E-state index contributed by atoms with van der Waals surface area (Å²) in [4.78, 5) is 17.0. The van der Waals surface area contributed by atoms with Gasteiger partial charge in [-0.15, -0.1) is 0 Å². The predicted molar refractivity (Wildman–Crippen MR) is 35.8 cm³/mol. The summed E-state index contributed by atoms with van der Waals surface area (Å²) < 4.78 is 13.2. The molecule has 0 rings (SSSR count). The molecule has 0 saturated heterocycles. The van der Waals surface area contributed by atoms with Crippen molar-refractivity contribution in [2.45, 2.75) is 6.92 Å². The molecule has 0 aromatic rings. The maximum absolute atomic E-state index is 9.33. The topological polar surface area (TPSA) is 83.8 Å². The van der Waals surface area contributed by atoms with E-state index in [1.54, 1.807) is 0 Å². The Balaban J connectivity index is -0.000000107. The Morgan fingerprint density at radius 3 is 1.82 bits per heavy atom. The molecule has 5 nitrogen and oxygen atoms in total. The Labute approximate surface area is 91.0 Å². The van der Waals surface area contributed by atoms with E-state index in [0.717, 1.165) is 6.42 Å². The van der Waals surface area contributed by atoms with E-state index in [9.17, 15) is 9.36 Å². The first-order chi connectivity index (χ1) is 4.54. The van der Waals surface area contributed by atoms with E-state index in [1.807, 2.05) is 0 Å². The molecule has 0 bridgehead atoms. The minimum absolute atomic E-state index is 0. The van der Waals surface area contributed by atoms with Crippen molar-refractivity contribution in [1.82, 2.24) is 0 Å². The van der Waals surface area contributed by atoms with Gasteiger partial charge in [0.25, 0.3) is 0 Å². The maximum Gasteiger partial charge on any atom is 0.316 e. The van der Waals surface area contributed by atoms with E-state index in [1.165, 1.54) is 14.0 Å². The van der Waals surface area contributed by atoms with Gasteiger partial charge in [-0.1, -0.05) is 0 Å². The number of hydrogen-bond acceptors (Lipinski definition) is 3. The summed E-state index contributed by atoms with van der Waals surface area (Å²) >= 11 is 0. The smallest absolute Gasteiger partial charge is 0.316 e. The van der Waals surface area contributed by atoms with E-state index < -0.39 is 14.2 Å². The molecular weight excluding hydrogens is 248 g/mol. The number of carboxylic acid groups (broad SMARTS) is 1. The first kappa shape index (κ1) is 17.6. The van der Waals surface area contributed by atoms with Crippen LogP contribution in [0.25, 0.3) is 0 Å². The van der Waals surface area contributed by atoms with E-state index >= 15 is 0 Å². The minimum atomic E-state index is -2.62. The van der Waals surface area contributed by atoms with Crippen molar-refractivity contribution in [3.05, 3.63) is 6.42 Å². The number of hydrogen-bond donors (Lipinski definition) is 2. The molecular formula is C4H10O5PY-. The second-order valence-electron chi connectivity index (χ2n) is 1.10. The fourth-order valence-electron chi connectivity index (χ4n) is 0. The molecule has 0 fully saturated rings. The molecule has 65 valence electrons. The summed E-state index contributed by atoms with van der Waals surface area (Å²) in [5, 5.41) is 7.67. The van der Waals surface area contributed by atoms with Gasteiger partial charge in [-0.3, -0.25) is 15.8 Å². The molecule has 0 aliphatic rings. The van der Waals surface area contributed by atoms with Crippen molar-refractivity contribution in [2.24, 2.45) is 0 Å². The SMILES string of the molecule is CO[PH](=O)O.C[CH-]C(=O)O.[Y]. The summed E-state index contributed by atoms with van der Waals surface area (Å²) in [5.41, 5.74) is 0. The second kappa shape index (κ2) is 13.2. The van der Waals surface area contributed by atoms with Gasteiger partial charge >= 0.3 is 8.25 Å². The first-order valence-corrected chi connectivity index (χ1v) is 3.60. The average Bonchev–Trinajstić information content (AvgIpc) is 1.89. The van der Waals surface area contributed by atoms with Crippen LogP contribution >= 0.6 is 8.25 Å². The molecule has 0 spiro atoms. The van der Waals surface area contributed by atoms with Crippen molar-refractivity contribution in [3.63, 3.8) is 0 Å². The van der Waals surface area contributed by atoms with Gasteiger partial charge in [-0.05, 0) is 0 Å². The molecule has 1 unspecified atom stereocenters. The fourth-order valence-corrected chi connectivity index (χ4v) is 0. The zero-order valence-corrected chi connectivity index (χ0v) is 10.1. The molecule has 7 heteroatoms. The minimum Gasteiger partial charge on any atom is -0.503 e. The van der Waals surface area contributed by atoms with Crippen LogP contribution in [0, 0.1) is 6.42 Å². The van der Waals surface area contributed by atoms with Crippen molar-refractivity contribution >= 4 is 14.2 Å². The molecule has 11 heavy (non-hydrogen) atoms. The predicted octanol–water partition coefficient (Wildman–Crippen LogP) is 0.307. The average molecular weight is 258 g/mol. The van der Waals surface area contributed by atoms with Crippen LogP contribution in [-0.4, -0.2) is 23.1 Å². The van der Waals surface area contributed by atoms with Crippen LogP contribution in [0.5, 0.6) is 0 Å². The molecule has 0 aliphatic heterocycles. The summed E-state index contributed by atoms with van der Waals surface area (Å²) in [6.45, 7) is 1.47. The molecule has 0 aromatic heterocycles. The molecule has 1 radical (unpaired) electrons. The van der Waals surface area contributed by atoms with E-state index in [-0.39, 0.29) is 32.7 Å². The van der Waals surface area contributed by atoms with Gasteiger partial charge in [0, 0.05) is 39.8 Å². The van der Waals surface area contributed by atoms with Gasteiger partial charge < -0.3 is 14.5 Å². The van der Waals surface area contributed by atoms with Gasteiger partial charge in [0.05, 0.1) is 0 Å². The van der Waals surface area contributed by atoms with Gasteiger partial charge in [0.1, 0.15) is 0 Å². The van der Waals surface area contributed by atoms with E-state index in [0.29, 0.717) is 0 Å². The van der Waals surface area contributed by atoms with E-state index in [4.69, 9.17) is 10.00 Å². The molecule has 0 aromatic carbocycles. The van der Waals surface area contributed by atoms with Crippen molar-refractivity contribution in [2.75, 3.05) is 7.11 Å². The zero-order valence-electron chi connectivity index (χ0n) is 6.27. The van der Waals surface area contributed by atoms with Gasteiger partial charge in [-0.2, -0.15) is 6.92 Å². The largest absolute Gasteiger partial charge is 0.503 e. The summed E-state index contributed by atoms with van der Waals surface area (Å²) in [6, 6.07) is 0. The van der Waals surface area contributed by atoms with Crippen molar-refractivity contribution in [1.29, 1.82) is 0 Å². The Hall–Kier alpha value is 0.594. The molecule has 1 atom stereocenters. The molecule has 2 N–H and O–H groups in total. The van der Waals surface area contributed by atoms with Crippen LogP contribution in [0.2, 0.25) is 0 Å². The zero-order chi connectivity index (χ0) is 8.57. The summed E-state index contributed by atoms with van der Waals surface area (Å²) in [6.07, 6.45) is 1.08. The molecule has 0 aliphatic carbocycles. The molecule has 0 amide bonds. The number of carbonyl (C=O) groups is 1. The second-order valence-corrected chi connectivity index (χ2v) is 2.04. The first-order valence-electron chi connectivity index (χ1n) is 2.33. The van der Waals surface area contributed by atoms with Crippen molar-refractivity contribution in [3.8, 4) is 0 Å². The monoisotopic (exact) mass is 258 g/mol. The van der Waals surface area contributed by atoms with Crippen LogP contribution in [0.3, 0.4) is 0 Å². The third-order valence-electron chi connectivity index (χ3n) is 0.422. The summed E-state index contributed by atoms with van der Waals surface area (Å²) in [7, 11) is -1.44. The maximum atomic E-state index is 9.33.